The Balaban J connectivity index is 2.14. The van der Waals surface area contributed by atoms with Crippen LogP contribution in [0.3, 0.4) is 0 Å². The van der Waals surface area contributed by atoms with Gasteiger partial charge in [0.2, 0.25) is 0 Å². The monoisotopic (exact) mass is 212 g/mol. The van der Waals surface area contributed by atoms with Gasteiger partial charge in [0.15, 0.2) is 0 Å². The van der Waals surface area contributed by atoms with Gasteiger partial charge in [-0.3, -0.25) is 0 Å². The van der Waals surface area contributed by atoms with Crippen molar-refractivity contribution in [3.05, 3.63) is 35.6 Å². The van der Waals surface area contributed by atoms with E-state index in [4.69, 9.17) is 0 Å². The average Bonchev–Trinajstić information content (AvgIpc) is 2.57. The van der Waals surface area contributed by atoms with Crippen LogP contribution in [-0.2, 0) is 6.42 Å². The minimum atomic E-state index is -0.688. The Hall–Kier alpha value is -0.540. The van der Waals surface area contributed by atoms with E-state index in [2.05, 4.69) is 0 Å². The van der Waals surface area contributed by atoms with Gasteiger partial charge in [0.05, 0.1) is 5.60 Å². The van der Waals surface area contributed by atoms with Gasteiger partial charge in [-0.2, -0.15) is 11.8 Å². The first-order valence-electron chi connectivity index (χ1n) is 4.73. The molecule has 0 amide bonds. The van der Waals surface area contributed by atoms with E-state index in [1.54, 1.807) is 23.9 Å². The van der Waals surface area contributed by atoms with Gasteiger partial charge in [0.1, 0.15) is 5.82 Å². The van der Waals surface area contributed by atoms with Gasteiger partial charge in [-0.1, -0.05) is 18.2 Å². The number of rotatable bonds is 2. The van der Waals surface area contributed by atoms with Crippen LogP contribution in [-0.4, -0.2) is 22.2 Å². The van der Waals surface area contributed by atoms with Crippen molar-refractivity contribution < 1.29 is 9.50 Å². The molecule has 0 aliphatic carbocycles. The molecule has 1 nitrogen and oxygen atoms in total. The van der Waals surface area contributed by atoms with Crippen LogP contribution in [0.25, 0.3) is 0 Å². The molecule has 1 aromatic carbocycles. The van der Waals surface area contributed by atoms with Gasteiger partial charge >= 0.3 is 0 Å². The van der Waals surface area contributed by atoms with Gasteiger partial charge in [-0.25, -0.2) is 4.39 Å². The van der Waals surface area contributed by atoms with Crippen LogP contribution in [0, 0.1) is 5.82 Å². The van der Waals surface area contributed by atoms with Crippen molar-refractivity contribution in [3.8, 4) is 0 Å². The minimum Gasteiger partial charge on any atom is -0.389 e. The van der Waals surface area contributed by atoms with Gasteiger partial charge in [-0.05, 0) is 23.8 Å². The number of hydrogen-bond donors (Lipinski definition) is 1. The summed E-state index contributed by atoms with van der Waals surface area (Å²) in [5.41, 5.74) is -0.0650. The largest absolute Gasteiger partial charge is 0.389 e. The lowest BCUT2D eigenvalue weighted by Crippen LogP contribution is -2.31. The molecule has 14 heavy (non-hydrogen) atoms. The summed E-state index contributed by atoms with van der Waals surface area (Å²) in [5, 5.41) is 10.1. The molecular formula is C11H13FOS. The van der Waals surface area contributed by atoms with Crippen molar-refractivity contribution in [2.45, 2.75) is 18.4 Å². The molecule has 0 bridgehead atoms. The highest BCUT2D eigenvalue weighted by atomic mass is 32.2. The second-order valence-electron chi connectivity index (χ2n) is 3.80. The van der Waals surface area contributed by atoms with Gasteiger partial charge in [-0.15, -0.1) is 0 Å². The summed E-state index contributed by atoms with van der Waals surface area (Å²) in [6.45, 7) is 0. The zero-order valence-corrected chi connectivity index (χ0v) is 8.69. The first kappa shape index (κ1) is 9.99. The van der Waals surface area contributed by atoms with Crippen LogP contribution >= 0.6 is 11.8 Å². The predicted molar refractivity (Wildman–Crippen MR) is 57.0 cm³/mol. The smallest absolute Gasteiger partial charge is 0.126 e. The molecule has 1 saturated heterocycles. The summed E-state index contributed by atoms with van der Waals surface area (Å²) in [6, 6.07) is 6.67. The molecule has 1 N–H and O–H groups in total. The second kappa shape index (κ2) is 3.91. The lowest BCUT2D eigenvalue weighted by Gasteiger charge is -2.21. The lowest BCUT2D eigenvalue weighted by atomic mass is 9.94. The molecule has 76 valence electrons. The topological polar surface area (TPSA) is 20.2 Å². The molecule has 1 aliphatic heterocycles. The highest BCUT2D eigenvalue weighted by molar-refractivity contribution is 7.99. The molecule has 0 radical (unpaired) electrons. The van der Waals surface area contributed by atoms with Crippen LogP contribution in [0.15, 0.2) is 24.3 Å². The third-order valence-corrected chi connectivity index (χ3v) is 3.79. The van der Waals surface area contributed by atoms with Crippen LogP contribution < -0.4 is 0 Å². The average molecular weight is 212 g/mol. The molecule has 1 unspecified atom stereocenters. The fraction of sp³-hybridized carbons (Fsp3) is 0.455. The Morgan fingerprint density at radius 1 is 1.43 bits per heavy atom. The van der Waals surface area contributed by atoms with Crippen molar-refractivity contribution in [3.63, 3.8) is 0 Å². The summed E-state index contributed by atoms with van der Waals surface area (Å²) in [4.78, 5) is 0. The minimum absolute atomic E-state index is 0.210. The molecule has 1 aromatic rings. The Morgan fingerprint density at radius 2 is 2.21 bits per heavy atom. The van der Waals surface area contributed by atoms with Crippen LogP contribution in [0.4, 0.5) is 4.39 Å². The molecular weight excluding hydrogens is 199 g/mol. The van der Waals surface area contributed by atoms with Crippen molar-refractivity contribution in [2.24, 2.45) is 0 Å². The van der Waals surface area contributed by atoms with Crippen LogP contribution in [0.5, 0.6) is 0 Å². The molecule has 1 aliphatic rings. The van der Waals surface area contributed by atoms with E-state index in [9.17, 15) is 9.50 Å². The summed E-state index contributed by atoms with van der Waals surface area (Å²) in [5.74, 6) is 1.49. The van der Waals surface area contributed by atoms with E-state index < -0.39 is 5.60 Å². The van der Waals surface area contributed by atoms with E-state index in [0.717, 1.165) is 17.9 Å². The first-order chi connectivity index (χ1) is 6.70. The van der Waals surface area contributed by atoms with Gasteiger partial charge in [0.25, 0.3) is 0 Å². The quantitative estimate of drug-likeness (QED) is 0.811. The van der Waals surface area contributed by atoms with E-state index in [0.29, 0.717) is 12.0 Å². The summed E-state index contributed by atoms with van der Waals surface area (Å²) < 4.78 is 13.3. The van der Waals surface area contributed by atoms with E-state index in [1.165, 1.54) is 6.07 Å². The normalized spacial score (nSPS) is 26.7. The molecule has 0 saturated carbocycles. The Bertz CT molecular complexity index is 321. The highest BCUT2D eigenvalue weighted by Gasteiger charge is 2.32. The van der Waals surface area contributed by atoms with E-state index in [-0.39, 0.29) is 5.82 Å². The summed E-state index contributed by atoms with van der Waals surface area (Å²) in [7, 11) is 0. The highest BCUT2D eigenvalue weighted by Crippen LogP contribution is 2.31. The van der Waals surface area contributed by atoms with E-state index >= 15 is 0 Å². The van der Waals surface area contributed by atoms with Crippen molar-refractivity contribution in [2.75, 3.05) is 11.5 Å². The summed E-state index contributed by atoms with van der Waals surface area (Å²) >= 11 is 1.73. The van der Waals surface area contributed by atoms with Gasteiger partial charge < -0.3 is 5.11 Å². The number of benzene rings is 1. The number of aliphatic hydroxyl groups is 1. The standard InChI is InChI=1S/C11H13FOS/c12-10-4-2-1-3-9(10)7-11(13)5-6-14-8-11/h1-4,13H,5-8H2. The molecule has 0 aromatic heterocycles. The third kappa shape index (κ3) is 2.10. The number of thioether (sulfide) groups is 1. The molecule has 1 fully saturated rings. The second-order valence-corrected chi connectivity index (χ2v) is 4.90. The van der Waals surface area contributed by atoms with Crippen LogP contribution in [0.2, 0.25) is 0 Å². The van der Waals surface area contributed by atoms with E-state index in [1.807, 2.05) is 6.07 Å². The first-order valence-corrected chi connectivity index (χ1v) is 5.89. The van der Waals surface area contributed by atoms with Crippen LogP contribution in [0.1, 0.15) is 12.0 Å². The summed E-state index contributed by atoms with van der Waals surface area (Å²) in [6.07, 6.45) is 1.21. The van der Waals surface area contributed by atoms with Crippen molar-refractivity contribution >= 4 is 11.8 Å². The maximum atomic E-state index is 13.3. The van der Waals surface area contributed by atoms with Gasteiger partial charge in [0, 0.05) is 12.2 Å². The molecule has 2 rings (SSSR count). The Morgan fingerprint density at radius 3 is 2.86 bits per heavy atom. The fourth-order valence-electron chi connectivity index (χ4n) is 1.73. The maximum Gasteiger partial charge on any atom is 0.126 e. The van der Waals surface area contributed by atoms with Crippen molar-refractivity contribution in [1.82, 2.24) is 0 Å². The molecule has 0 spiro atoms. The molecule has 3 heteroatoms. The maximum absolute atomic E-state index is 13.3. The third-order valence-electron chi connectivity index (χ3n) is 2.56. The zero-order valence-electron chi connectivity index (χ0n) is 7.87. The van der Waals surface area contributed by atoms with Crippen molar-refractivity contribution in [1.29, 1.82) is 0 Å². The Kier molecular flexibility index (Phi) is 2.79. The zero-order chi connectivity index (χ0) is 10.0. The predicted octanol–water partition coefficient (Wildman–Crippen LogP) is 2.24. The SMILES string of the molecule is OC1(Cc2ccccc2F)CCSC1. The number of hydrogen-bond acceptors (Lipinski definition) is 2. The fourth-order valence-corrected chi connectivity index (χ4v) is 3.03. The molecule has 1 atom stereocenters. The number of halogens is 1. The Labute approximate surface area is 87.3 Å². The molecule has 1 heterocycles. The lowest BCUT2D eigenvalue weighted by molar-refractivity contribution is 0.0677.